The Balaban J connectivity index is 2.09. The first-order chi connectivity index (χ1) is 7.25. The van der Waals surface area contributed by atoms with Crippen LogP contribution in [0.4, 0.5) is 0 Å². The van der Waals surface area contributed by atoms with E-state index in [9.17, 15) is 0 Å². The molecule has 15 heavy (non-hydrogen) atoms. The molecule has 0 spiro atoms. The smallest absolute Gasteiger partial charge is 0.00503 e. The van der Waals surface area contributed by atoms with Crippen LogP contribution in [0.25, 0.3) is 6.08 Å². The minimum atomic E-state index is 0.658. The van der Waals surface area contributed by atoms with Crippen molar-refractivity contribution in [3.05, 3.63) is 40.5 Å². The van der Waals surface area contributed by atoms with Gasteiger partial charge in [-0.25, -0.2) is 0 Å². The van der Waals surface area contributed by atoms with Crippen molar-refractivity contribution in [3.8, 4) is 0 Å². The average Bonchev–Trinajstić information content (AvgIpc) is 2.77. The van der Waals surface area contributed by atoms with Gasteiger partial charge in [0.05, 0.1) is 0 Å². The summed E-state index contributed by atoms with van der Waals surface area (Å²) < 4.78 is 0. The summed E-state index contributed by atoms with van der Waals surface area (Å²) >= 11 is 0. The van der Waals surface area contributed by atoms with E-state index in [-0.39, 0.29) is 0 Å². The standard InChI is InChI=1S/C15H18/c1-10(2)14-7-6-13-8-11-4-3-5-12(11)9-15(13)14/h6-10,14H,3-5H2,1-2H3. The molecule has 1 aromatic carbocycles. The Morgan fingerprint density at radius 3 is 2.60 bits per heavy atom. The number of allylic oxidation sites excluding steroid dienone is 1. The number of benzene rings is 1. The Labute approximate surface area is 92.0 Å². The molecule has 0 N–H and O–H groups in total. The zero-order valence-electron chi connectivity index (χ0n) is 9.59. The minimum Gasteiger partial charge on any atom is -0.0761 e. The molecule has 1 atom stereocenters. The van der Waals surface area contributed by atoms with Crippen LogP contribution in [0, 0.1) is 5.92 Å². The molecule has 0 aliphatic heterocycles. The highest BCUT2D eigenvalue weighted by atomic mass is 14.3. The van der Waals surface area contributed by atoms with Crippen molar-refractivity contribution in [3.63, 3.8) is 0 Å². The van der Waals surface area contributed by atoms with Gasteiger partial charge in [-0.1, -0.05) is 38.1 Å². The molecule has 0 aromatic heterocycles. The van der Waals surface area contributed by atoms with Gasteiger partial charge in [-0.2, -0.15) is 0 Å². The molecule has 0 saturated carbocycles. The molecule has 0 fully saturated rings. The van der Waals surface area contributed by atoms with Crippen LogP contribution in [-0.2, 0) is 12.8 Å². The van der Waals surface area contributed by atoms with Gasteiger partial charge in [-0.05, 0) is 47.4 Å². The predicted molar refractivity (Wildman–Crippen MR) is 65.1 cm³/mol. The van der Waals surface area contributed by atoms with Crippen molar-refractivity contribution >= 4 is 6.08 Å². The van der Waals surface area contributed by atoms with Crippen LogP contribution in [-0.4, -0.2) is 0 Å². The van der Waals surface area contributed by atoms with Gasteiger partial charge >= 0.3 is 0 Å². The van der Waals surface area contributed by atoms with E-state index in [1.54, 1.807) is 16.7 Å². The van der Waals surface area contributed by atoms with Gasteiger partial charge in [0.25, 0.3) is 0 Å². The molecular weight excluding hydrogens is 180 g/mol. The molecular formula is C15H18. The zero-order valence-corrected chi connectivity index (χ0v) is 9.59. The largest absolute Gasteiger partial charge is 0.0761 e. The van der Waals surface area contributed by atoms with E-state index in [4.69, 9.17) is 0 Å². The second-order valence-corrected chi connectivity index (χ2v) is 5.23. The second kappa shape index (κ2) is 3.23. The SMILES string of the molecule is CC(C)C1C=Cc2cc3c(cc21)CCC3. The fourth-order valence-corrected chi connectivity index (χ4v) is 2.99. The number of hydrogen-bond acceptors (Lipinski definition) is 0. The van der Waals surface area contributed by atoms with Crippen LogP contribution in [0.1, 0.15) is 48.4 Å². The fourth-order valence-electron chi connectivity index (χ4n) is 2.99. The van der Waals surface area contributed by atoms with E-state index in [0.29, 0.717) is 5.92 Å². The van der Waals surface area contributed by atoms with E-state index < -0.39 is 0 Å². The van der Waals surface area contributed by atoms with Crippen molar-refractivity contribution < 1.29 is 0 Å². The maximum absolute atomic E-state index is 2.47. The molecule has 0 nitrogen and oxygen atoms in total. The molecule has 3 rings (SSSR count). The maximum Gasteiger partial charge on any atom is 0.00503 e. The Morgan fingerprint density at radius 2 is 1.87 bits per heavy atom. The van der Waals surface area contributed by atoms with Gasteiger partial charge in [-0.3, -0.25) is 0 Å². The van der Waals surface area contributed by atoms with E-state index in [2.05, 4.69) is 38.1 Å². The summed E-state index contributed by atoms with van der Waals surface area (Å²) in [5.41, 5.74) is 6.27. The summed E-state index contributed by atoms with van der Waals surface area (Å²) in [6, 6.07) is 4.90. The topological polar surface area (TPSA) is 0 Å². The van der Waals surface area contributed by atoms with Crippen molar-refractivity contribution in [2.75, 3.05) is 0 Å². The predicted octanol–water partition coefficient (Wildman–Crippen LogP) is 3.94. The quantitative estimate of drug-likeness (QED) is 0.641. The van der Waals surface area contributed by atoms with Crippen molar-refractivity contribution in [1.29, 1.82) is 0 Å². The molecule has 0 saturated heterocycles. The van der Waals surface area contributed by atoms with Gasteiger partial charge < -0.3 is 0 Å². The molecule has 78 valence electrons. The maximum atomic E-state index is 2.47. The third kappa shape index (κ3) is 1.35. The van der Waals surface area contributed by atoms with Gasteiger partial charge in [-0.15, -0.1) is 0 Å². The second-order valence-electron chi connectivity index (χ2n) is 5.23. The molecule has 1 aromatic rings. The Morgan fingerprint density at radius 1 is 1.13 bits per heavy atom. The van der Waals surface area contributed by atoms with Crippen molar-refractivity contribution in [1.82, 2.24) is 0 Å². The Kier molecular flexibility index (Phi) is 1.98. The Bertz CT molecular complexity index is 424. The molecule has 0 bridgehead atoms. The number of fused-ring (bicyclic) bond motifs is 2. The van der Waals surface area contributed by atoms with Crippen LogP contribution < -0.4 is 0 Å². The summed E-state index contributed by atoms with van der Waals surface area (Å²) in [5, 5.41) is 0. The van der Waals surface area contributed by atoms with Crippen molar-refractivity contribution in [2.45, 2.75) is 39.0 Å². The van der Waals surface area contributed by atoms with Crippen LogP contribution >= 0.6 is 0 Å². The van der Waals surface area contributed by atoms with E-state index >= 15 is 0 Å². The summed E-state index contributed by atoms with van der Waals surface area (Å²) in [6.45, 7) is 4.63. The number of hydrogen-bond donors (Lipinski definition) is 0. The normalized spacial score (nSPS) is 22.2. The molecule has 2 aliphatic rings. The molecule has 0 heterocycles. The minimum absolute atomic E-state index is 0.658. The number of aryl methyl sites for hydroxylation is 2. The van der Waals surface area contributed by atoms with Crippen LogP contribution in [0.3, 0.4) is 0 Å². The summed E-state index contributed by atoms with van der Waals surface area (Å²) in [7, 11) is 0. The van der Waals surface area contributed by atoms with Gasteiger partial charge in [0.1, 0.15) is 0 Å². The molecule has 0 amide bonds. The molecule has 1 unspecified atom stereocenters. The fraction of sp³-hybridized carbons (Fsp3) is 0.467. The lowest BCUT2D eigenvalue weighted by molar-refractivity contribution is 0.584. The van der Waals surface area contributed by atoms with Gasteiger partial charge in [0, 0.05) is 5.92 Å². The lowest BCUT2D eigenvalue weighted by atomic mass is 9.88. The highest BCUT2D eigenvalue weighted by Crippen LogP contribution is 2.38. The first kappa shape index (κ1) is 9.21. The van der Waals surface area contributed by atoms with Crippen LogP contribution in [0.15, 0.2) is 18.2 Å². The van der Waals surface area contributed by atoms with Crippen LogP contribution in [0.5, 0.6) is 0 Å². The van der Waals surface area contributed by atoms with E-state index in [0.717, 1.165) is 5.92 Å². The average molecular weight is 198 g/mol. The highest BCUT2D eigenvalue weighted by Gasteiger charge is 2.23. The first-order valence-electron chi connectivity index (χ1n) is 6.09. The zero-order chi connectivity index (χ0) is 10.4. The van der Waals surface area contributed by atoms with Gasteiger partial charge in [0.15, 0.2) is 0 Å². The van der Waals surface area contributed by atoms with E-state index in [1.807, 2.05) is 0 Å². The first-order valence-corrected chi connectivity index (χ1v) is 6.09. The molecule has 0 heteroatoms. The number of rotatable bonds is 1. The van der Waals surface area contributed by atoms with Crippen molar-refractivity contribution in [2.24, 2.45) is 5.92 Å². The summed E-state index contributed by atoms with van der Waals surface area (Å²) in [6.07, 6.45) is 8.65. The van der Waals surface area contributed by atoms with E-state index in [1.165, 1.54) is 24.8 Å². The highest BCUT2D eigenvalue weighted by molar-refractivity contribution is 5.65. The summed E-state index contributed by atoms with van der Waals surface area (Å²) in [5.74, 6) is 1.38. The van der Waals surface area contributed by atoms with Gasteiger partial charge in [0.2, 0.25) is 0 Å². The Hall–Kier alpha value is -1.04. The third-order valence-electron chi connectivity index (χ3n) is 3.86. The summed E-state index contributed by atoms with van der Waals surface area (Å²) in [4.78, 5) is 0. The molecule has 2 aliphatic carbocycles. The van der Waals surface area contributed by atoms with Crippen LogP contribution in [0.2, 0.25) is 0 Å². The molecule has 0 radical (unpaired) electrons. The monoisotopic (exact) mass is 198 g/mol. The lowest BCUT2D eigenvalue weighted by Gasteiger charge is -2.16. The third-order valence-corrected chi connectivity index (χ3v) is 3.86. The lowest BCUT2D eigenvalue weighted by Crippen LogP contribution is -2.02.